The van der Waals surface area contributed by atoms with Crippen molar-refractivity contribution in [3.63, 3.8) is 0 Å². The molecular formula is C37H39ClO6. The van der Waals surface area contributed by atoms with E-state index in [9.17, 15) is 5.11 Å². The van der Waals surface area contributed by atoms with E-state index in [1.807, 2.05) is 117 Å². The largest absolute Gasteiger partial charge is 0.494 e. The normalized spacial score (nSPS) is 26.0. The number of halogens is 1. The van der Waals surface area contributed by atoms with Crippen LogP contribution in [0, 0.1) is 0 Å². The van der Waals surface area contributed by atoms with Gasteiger partial charge in [0.05, 0.1) is 26.4 Å². The van der Waals surface area contributed by atoms with E-state index in [-0.39, 0.29) is 6.61 Å². The van der Waals surface area contributed by atoms with Gasteiger partial charge in [0.2, 0.25) is 5.79 Å². The Labute approximate surface area is 264 Å². The third-order valence-electron chi connectivity index (χ3n) is 8.64. The Balaban J connectivity index is 1.37. The van der Waals surface area contributed by atoms with E-state index in [4.69, 9.17) is 35.3 Å². The zero-order valence-corrected chi connectivity index (χ0v) is 25.9. The van der Waals surface area contributed by atoms with Crippen molar-refractivity contribution in [1.29, 1.82) is 0 Å². The molecule has 4 aromatic carbocycles. The zero-order valence-electron chi connectivity index (χ0n) is 25.2. The van der Waals surface area contributed by atoms with Crippen LogP contribution in [-0.4, -0.2) is 42.2 Å². The number of fused-ring (bicyclic) bond motifs is 2. The summed E-state index contributed by atoms with van der Waals surface area (Å²) in [6.45, 7) is 5.40. The van der Waals surface area contributed by atoms with Crippen LogP contribution in [0.5, 0.6) is 5.75 Å². The molecule has 0 amide bonds. The van der Waals surface area contributed by atoms with Crippen molar-refractivity contribution in [3.05, 3.63) is 136 Å². The van der Waals surface area contributed by atoms with Crippen molar-refractivity contribution >= 4 is 11.6 Å². The highest BCUT2D eigenvalue weighted by Gasteiger charge is 2.68. The van der Waals surface area contributed by atoms with Crippen LogP contribution < -0.4 is 4.74 Å². The van der Waals surface area contributed by atoms with Gasteiger partial charge in [-0.25, -0.2) is 0 Å². The van der Waals surface area contributed by atoms with Gasteiger partial charge in [-0.15, -0.1) is 0 Å². The summed E-state index contributed by atoms with van der Waals surface area (Å²) in [5.74, 6) is -0.483. The smallest absolute Gasteiger partial charge is 0.225 e. The molecule has 2 saturated heterocycles. The van der Waals surface area contributed by atoms with Gasteiger partial charge in [-0.3, -0.25) is 0 Å². The highest BCUT2D eigenvalue weighted by molar-refractivity contribution is 6.31. The number of hydrogen-bond acceptors (Lipinski definition) is 6. The third kappa shape index (κ3) is 6.16. The molecule has 4 aromatic rings. The van der Waals surface area contributed by atoms with Gasteiger partial charge in [0.15, 0.2) is 0 Å². The zero-order chi connectivity index (χ0) is 30.6. The Hall–Kier alpha value is -3.23. The maximum Gasteiger partial charge on any atom is 0.225 e. The van der Waals surface area contributed by atoms with E-state index in [0.717, 1.165) is 33.6 Å². The van der Waals surface area contributed by atoms with E-state index >= 15 is 0 Å². The Kier molecular flexibility index (Phi) is 9.38. The van der Waals surface area contributed by atoms with Crippen LogP contribution in [0.3, 0.4) is 0 Å². The summed E-state index contributed by atoms with van der Waals surface area (Å²) in [4.78, 5) is 0. The van der Waals surface area contributed by atoms with Crippen molar-refractivity contribution in [2.75, 3.05) is 13.2 Å². The minimum Gasteiger partial charge on any atom is -0.494 e. The summed E-state index contributed by atoms with van der Waals surface area (Å²) < 4.78 is 32.3. The molecule has 2 aliphatic heterocycles. The molecule has 0 spiro atoms. The summed E-state index contributed by atoms with van der Waals surface area (Å²) in [6, 6.07) is 33.8. The van der Waals surface area contributed by atoms with Crippen LogP contribution in [0.4, 0.5) is 0 Å². The third-order valence-corrected chi connectivity index (χ3v) is 9.01. The van der Waals surface area contributed by atoms with Crippen molar-refractivity contribution in [2.24, 2.45) is 0 Å². The van der Waals surface area contributed by atoms with Gasteiger partial charge < -0.3 is 28.8 Å². The summed E-state index contributed by atoms with van der Waals surface area (Å²) in [5.41, 5.74) is 3.85. The Morgan fingerprint density at radius 1 is 0.818 bits per heavy atom. The van der Waals surface area contributed by atoms with Crippen LogP contribution in [0.25, 0.3) is 0 Å². The number of aliphatic hydroxyl groups excluding tert-OH is 1. The first kappa shape index (κ1) is 30.8. The van der Waals surface area contributed by atoms with Crippen molar-refractivity contribution in [3.8, 4) is 5.75 Å². The van der Waals surface area contributed by atoms with Crippen LogP contribution >= 0.6 is 11.6 Å². The second-order valence-corrected chi connectivity index (χ2v) is 11.9. The van der Waals surface area contributed by atoms with Gasteiger partial charge in [0, 0.05) is 10.6 Å². The molecule has 0 saturated carbocycles. The molecule has 0 radical (unpaired) electrons. The fourth-order valence-electron chi connectivity index (χ4n) is 6.17. The highest BCUT2D eigenvalue weighted by Crippen LogP contribution is 2.53. The van der Waals surface area contributed by atoms with Gasteiger partial charge in [-0.05, 0) is 66.3 Å². The molecule has 1 N–H and O–H groups in total. The second kappa shape index (κ2) is 13.4. The van der Waals surface area contributed by atoms with Gasteiger partial charge >= 0.3 is 0 Å². The van der Waals surface area contributed by atoms with Crippen molar-refractivity contribution < 1.29 is 28.8 Å². The van der Waals surface area contributed by atoms with E-state index in [2.05, 4.69) is 0 Å². The first-order valence-electron chi connectivity index (χ1n) is 15.3. The van der Waals surface area contributed by atoms with E-state index in [0.29, 0.717) is 37.7 Å². The van der Waals surface area contributed by atoms with Crippen LogP contribution in [0.2, 0.25) is 5.02 Å². The number of hydrogen-bond donors (Lipinski definition) is 1. The molecular weight excluding hydrogens is 576 g/mol. The molecule has 6 nitrogen and oxygen atoms in total. The molecule has 2 fully saturated rings. The maximum absolute atomic E-state index is 11.8. The minimum absolute atomic E-state index is 0.206. The lowest BCUT2D eigenvalue weighted by molar-refractivity contribution is -0.344. The van der Waals surface area contributed by atoms with Gasteiger partial charge in [-0.1, -0.05) is 97.4 Å². The summed E-state index contributed by atoms with van der Waals surface area (Å²) in [6.07, 6.45) is -1.31. The molecule has 5 atom stereocenters. The lowest BCUT2D eigenvalue weighted by atomic mass is 9.81. The molecule has 230 valence electrons. The molecule has 0 aromatic heterocycles. The Morgan fingerprint density at radius 2 is 1.48 bits per heavy atom. The van der Waals surface area contributed by atoms with Gasteiger partial charge in [0.1, 0.15) is 29.7 Å². The fraction of sp³-hybridized carbons (Fsp3) is 0.351. The molecule has 6 rings (SSSR count). The molecule has 2 bridgehead atoms. The minimum atomic E-state index is -1.32. The van der Waals surface area contributed by atoms with Crippen molar-refractivity contribution in [1.82, 2.24) is 0 Å². The lowest BCUT2D eigenvalue weighted by Gasteiger charge is -2.49. The molecule has 0 aliphatic carbocycles. The molecule has 0 unspecified atom stereocenters. The molecule has 2 heterocycles. The monoisotopic (exact) mass is 614 g/mol. The first-order chi connectivity index (χ1) is 21.5. The highest BCUT2D eigenvalue weighted by atomic mass is 35.5. The second-order valence-electron chi connectivity index (χ2n) is 11.5. The number of ether oxygens (including phenoxy) is 5. The fourth-order valence-corrected chi connectivity index (χ4v) is 6.36. The quantitative estimate of drug-likeness (QED) is 0.182. The standard InChI is InChI=1S/C37H39ClO6/c1-3-36-25-43-37(44-36,30-17-20-32(38)29(22-30)21-26-15-18-31(19-16-26)40-4-2)35(42-24-28-13-9-6-10-14-28)33(34(36)39)41-23-27-11-7-5-8-12-27/h5-20,22,33-35,39H,3-4,21,23-25H2,1-2H3/t33-,34-,35+,36-,37-/m0/s1. The lowest BCUT2D eigenvalue weighted by Crippen LogP contribution is -2.65. The van der Waals surface area contributed by atoms with Gasteiger partial charge in [-0.2, -0.15) is 0 Å². The maximum atomic E-state index is 11.8. The summed E-state index contributed by atoms with van der Waals surface area (Å²) in [7, 11) is 0. The molecule has 7 heteroatoms. The van der Waals surface area contributed by atoms with Crippen LogP contribution in [0.1, 0.15) is 48.1 Å². The number of aliphatic hydroxyl groups is 1. The van der Waals surface area contributed by atoms with Gasteiger partial charge in [0.25, 0.3) is 0 Å². The SMILES string of the molecule is CCOc1ccc(Cc2cc([C@]34OC[C@](CC)(O3)[C@@H](O)[C@H](OCc3ccccc3)[C@H]4OCc3ccccc3)ccc2Cl)cc1. The summed E-state index contributed by atoms with van der Waals surface area (Å²) in [5, 5.41) is 12.5. The summed E-state index contributed by atoms with van der Waals surface area (Å²) >= 11 is 6.76. The van der Waals surface area contributed by atoms with E-state index in [1.165, 1.54) is 0 Å². The van der Waals surface area contributed by atoms with E-state index in [1.54, 1.807) is 0 Å². The number of rotatable bonds is 12. The Bertz CT molecular complexity index is 1510. The molecule has 44 heavy (non-hydrogen) atoms. The van der Waals surface area contributed by atoms with E-state index < -0.39 is 29.7 Å². The van der Waals surface area contributed by atoms with Crippen molar-refractivity contribution in [2.45, 2.75) is 69.6 Å². The topological polar surface area (TPSA) is 66.4 Å². The number of benzene rings is 4. The average molecular weight is 615 g/mol. The predicted octanol–water partition coefficient (Wildman–Crippen LogP) is 7.22. The Morgan fingerprint density at radius 3 is 2.11 bits per heavy atom. The first-order valence-corrected chi connectivity index (χ1v) is 15.7. The van der Waals surface area contributed by atoms with Crippen LogP contribution in [0.15, 0.2) is 103 Å². The molecule has 2 aliphatic rings. The van der Waals surface area contributed by atoms with Crippen LogP contribution in [-0.2, 0) is 44.4 Å². The predicted molar refractivity (Wildman–Crippen MR) is 170 cm³/mol. The average Bonchev–Trinajstić information content (AvgIpc) is 3.43.